The van der Waals surface area contributed by atoms with Crippen LogP contribution in [0, 0.1) is 0 Å². The number of hydrogen-bond acceptors (Lipinski definition) is 6. The van der Waals surface area contributed by atoms with Crippen molar-refractivity contribution >= 4 is 46.4 Å². The zero-order valence-corrected chi connectivity index (χ0v) is 18.8. The minimum absolute atomic E-state index is 0.0998. The summed E-state index contributed by atoms with van der Waals surface area (Å²) in [7, 11) is 1.65. The van der Waals surface area contributed by atoms with Gasteiger partial charge in [0.25, 0.3) is 5.91 Å². The van der Waals surface area contributed by atoms with E-state index in [1.54, 1.807) is 31.3 Å². The molecule has 1 N–H and O–H groups in total. The normalized spacial score (nSPS) is 19.8. The Morgan fingerprint density at radius 3 is 2.55 bits per heavy atom. The Bertz CT molecular complexity index is 1150. The molecule has 0 aliphatic carbocycles. The van der Waals surface area contributed by atoms with E-state index in [9.17, 15) is 22.8 Å². The molecule has 0 spiro atoms. The molecule has 4 rings (SSSR count). The number of likely N-dealkylation sites (N-methyl/N-ethyl adjacent to an activating group) is 1. The average Bonchev–Trinajstić information content (AvgIpc) is 3.24. The number of amides is 2. The third-order valence-corrected chi connectivity index (χ3v) is 6.27. The van der Waals surface area contributed by atoms with Gasteiger partial charge in [0, 0.05) is 7.05 Å². The van der Waals surface area contributed by atoms with E-state index >= 15 is 0 Å². The van der Waals surface area contributed by atoms with Crippen LogP contribution in [-0.2, 0) is 22.1 Å². The molecular weight excluding hydrogens is 477 g/mol. The maximum Gasteiger partial charge on any atom is 0.420 e. The highest BCUT2D eigenvalue weighted by molar-refractivity contribution is 8.26. The lowest BCUT2D eigenvalue weighted by Gasteiger charge is -2.17. The molecule has 0 aromatic heterocycles. The van der Waals surface area contributed by atoms with Crippen LogP contribution in [-0.4, -0.2) is 40.9 Å². The van der Waals surface area contributed by atoms with Gasteiger partial charge in [0.05, 0.1) is 16.5 Å². The quantitative estimate of drug-likeness (QED) is 0.467. The number of benzene rings is 2. The van der Waals surface area contributed by atoms with Gasteiger partial charge < -0.3 is 19.7 Å². The van der Waals surface area contributed by atoms with Crippen LogP contribution in [0.25, 0.3) is 6.08 Å². The lowest BCUT2D eigenvalue weighted by Crippen LogP contribution is -2.30. The molecule has 2 fully saturated rings. The highest BCUT2D eigenvalue weighted by atomic mass is 32.2. The molecule has 2 heterocycles. The van der Waals surface area contributed by atoms with E-state index in [0.717, 1.165) is 23.4 Å². The Morgan fingerprint density at radius 1 is 1.24 bits per heavy atom. The van der Waals surface area contributed by atoms with Crippen LogP contribution < -0.4 is 10.1 Å². The summed E-state index contributed by atoms with van der Waals surface area (Å²) in [6.07, 6.45) is -3.14. The van der Waals surface area contributed by atoms with Crippen LogP contribution in [0.5, 0.6) is 11.5 Å². The van der Waals surface area contributed by atoms with Gasteiger partial charge in [-0.3, -0.25) is 4.79 Å². The van der Waals surface area contributed by atoms with Crippen molar-refractivity contribution in [1.29, 1.82) is 0 Å². The Morgan fingerprint density at radius 2 is 1.97 bits per heavy atom. The Hall–Kier alpha value is -3.05. The number of thioether (sulfide) groups is 1. The fraction of sp³-hybridized carbons (Fsp3) is 0.227. The predicted molar refractivity (Wildman–Crippen MR) is 121 cm³/mol. The van der Waals surface area contributed by atoms with Crippen LogP contribution in [0.2, 0.25) is 0 Å². The summed E-state index contributed by atoms with van der Waals surface area (Å²) in [4.78, 5) is 25.0. The van der Waals surface area contributed by atoms with E-state index in [-0.39, 0.29) is 45.0 Å². The third-order valence-electron chi connectivity index (χ3n) is 5.11. The van der Waals surface area contributed by atoms with Gasteiger partial charge in [-0.1, -0.05) is 42.2 Å². The first kappa shape index (κ1) is 23.1. The molecule has 1 atom stereocenters. The summed E-state index contributed by atoms with van der Waals surface area (Å²) in [5.74, 6) is -0.566. The first-order chi connectivity index (χ1) is 15.6. The Labute approximate surface area is 196 Å². The minimum atomic E-state index is -4.66. The van der Waals surface area contributed by atoms with Crippen molar-refractivity contribution in [3.8, 4) is 11.5 Å². The largest absolute Gasteiger partial charge is 0.457 e. The molecule has 2 aromatic carbocycles. The van der Waals surface area contributed by atoms with E-state index in [1.807, 2.05) is 0 Å². The average molecular weight is 495 g/mol. The van der Waals surface area contributed by atoms with Crippen molar-refractivity contribution in [2.24, 2.45) is 0 Å². The topological polar surface area (TPSA) is 67.9 Å². The van der Waals surface area contributed by atoms with Gasteiger partial charge in [-0.2, -0.15) is 13.2 Å². The second kappa shape index (κ2) is 9.06. The lowest BCUT2D eigenvalue weighted by atomic mass is 10.1. The Balaban J connectivity index is 1.52. The van der Waals surface area contributed by atoms with Crippen LogP contribution >= 0.6 is 24.0 Å². The maximum absolute atomic E-state index is 13.7. The lowest BCUT2D eigenvalue weighted by molar-refractivity contribution is -0.138. The fourth-order valence-corrected chi connectivity index (χ4v) is 4.38. The zero-order chi connectivity index (χ0) is 23.8. The fourth-order valence-electron chi connectivity index (χ4n) is 3.34. The van der Waals surface area contributed by atoms with Crippen molar-refractivity contribution in [3.05, 3.63) is 64.1 Å². The summed E-state index contributed by atoms with van der Waals surface area (Å²) in [6.45, 7) is 0.289. The molecule has 1 unspecified atom stereocenters. The maximum atomic E-state index is 13.7. The van der Waals surface area contributed by atoms with Gasteiger partial charge in [-0.15, -0.1) is 0 Å². The van der Waals surface area contributed by atoms with Crippen molar-refractivity contribution in [2.75, 3.05) is 13.7 Å². The number of thiocarbonyl (C=S) groups is 1. The monoisotopic (exact) mass is 494 g/mol. The van der Waals surface area contributed by atoms with E-state index < -0.39 is 17.6 Å². The van der Waals surface area contributed by atoms with Crippen molar-refractivity contribution in [1.82, 2.24) is 10.2 Å². The predicted octanol–water partition coefficient (Wildman–Crippen LogP) is 4.98. The van der Waals surface area contributed by atoms with Crippen molar-refractivity contribution in [2.45, 2.75) is 18.6 Å². The van der Waals surface area contributed by atoms with Crippen LogP contribution in [0.15, 0.2) is 47.4 Å². The summed E-state index contributed by atoms with van der Waals surface area (Å²) in [5, 5.41) is 2.42. The number of ether oxygens (including phenoxy) is 2. The molecule has 11 heteroatoms. The highest BCUT2D eigenvalue weighted by Crippen LogP contribution is 2.39. The first-order valence-electron chi connectivity index (χ1n) is 9.72. The number of cyclic esters (lactones) is 1. The molecule has 0 bridgehead atoms. The molecule has 2 aliphatic rings. The number of alkyl halides is 3. The summed E-state index contributed by atoms with van der Waals surface area (Å²) in [5.41, 5.74) is 0.126. The molecule has 6 nitrogen and oxygen atoms in total. The van der Waals surface area contributed by atoms with Crippen LogP contribution in [0.4, 0.5) is 18.0 Å². The number of nitrogens with one attached hydrogen (secondary N) is 1. The van der Waals surface area contributed by atoms with Crippen molar-refractivity contribution < 1.29 is 32.2 Å². The van der Waals surface area contributed by atoms with E-state index in [4.69, 9.17) is 21.7 Å². The molecule has 33 heavy (non-hydrogen) atoms. The van der Waals surface area contributed by atoms with Crippen molar-refractivity contribution in [3.63, 3.8) is 0 Å². The second-order valence-corrected chi connectivity index (χ2v) is 9.12. The standard InChI is InChI=1S/C22H17F3N2O4S2/c1-27-14(11-30-21(27)29)8-12-2-5-15(6-3-12)31-17-7-4-13(9-16(17)22(23,24)25)10-18-19(28)26-20(32)33-18/h2-7,9-10,14H,8,11H2,1H3,(H,26,28,32)/b18-10+. The third kappa shape index (κ3) is 5.31. The van der Waals surface area contributed by atoms with Gasteiger partial charge in [-0.05, 0) is 47.9 Å². The molecule has 2 aliphatic heterocycles. The SMILES string of the molecule is CN1C(=O)OCC1Cc1ccc(Oc2ccc(/C=C3/SC(=S)NC3=O)cc2C(F)(F)F)cc1. The Kier molecular flexibility index (Phi) is 6.35. The zero-order valence-electron chi connectivity index (χ0n) is 17.1. The van der Waals surface area contributed by atoms with E-state index in [0.29, 0.717) is 6.42 Å². The number of carbonyl (C=O) groups excluding carboxylic acids is 2. The second-order valence-electron chi connectivity index (χ2n) is 7.40. The summed E-state index contributed by atoms with van der Waals surface area (Å²) in [6, 6.07) is 10.1. The van der Waals surface area contributed by atoms with E-state index in [2.05, 4.69) is 5.32 Å². The van der Waals surface area contributed by atoms with E-state index in [1.165, 1.54) is 23.1 Å². The molecule has 0 saturated carbocycles. The van der Waals surface area contributed by atoms with Gasteiger partial charge >= 0.3 is 12.3 Å². The number of carbonyl (C=O) groups is 2. The molecule has 2 aromatic rings. The highest BCUT2D eigenvalue weighted by Gasteiger charge is 2.35. The van der Waals surface area contributed by atoms with Gasteiger partial charge in [0.15, 0.2) is 0 Å². The molecule has 0 radical (unpaired) electrons. The molecular formula is C22H17F3N2O4S2. The minimum Gasteiger partial charge on any atom is -0.457 e. The summed E-state index contributed by atoms with van der Waals surface area (Å²) >= 11 is 5.89. The smallest absolute Gasteiger partial charge is 0.420 e. The number of rotatable bonds is 5. The molecule has 2 saturated heterocycles. The molecule has 2 amide bonds. The molecule has 172 valence electrons. The summed E-state index contributed by atoms with van der Waals surface area (Å²) < 4.78 is 51.8. The number of halogens is 3. The number of hydrogen-bond donors (Lipinski definition) is 1. The number of nitrogens with zero attached hydrogens (tertiary/aromatic N) is 1. The van der Waals surface area contributed by atoms with Crippen LogP contribution in [0.3, 0.4) is 0 Å². The van der Waals surface area contributed by atoms with Gasteiger partial charge in [0.2, 0.25) is 0 Å². The first-order valence-corrected chi connectivity index (χ1v) is 10.9. The van der Waals surface area contributed by atoms with Gasteiger partial charge in [-0.25, -0.2) is 4.79 Å². The van der Waals surface area contributed by atoms with Gasteiger partial charge in [0.1, 0.15) is 22.4 Å². The van der Waals surface area contributed by atoms with Crippen LogP contribution in [0.1, 0.15) is 16.7 Å².